The molecule has 1 heterocycles. The molecule has 1 aliphatic rings. The maximum atomic E-state index is 13.9. The number of piperazine rings is 1. The van der Waals surface area contributed by atoms with Crippen molar-refractivity contribution in [1.29, 1.82) is 0 Å². The van der Waals surface area contributed by atoms with Crippen molar-refractivity contribution < 1.29 is 9.18 Å². The van der Waals surface area contributed by atoms with Gasteiger partial charge in [0.25, 0.3) is 0 Å². The Morgan fingerprint density at radius 1 is 1.04 bits per heavy atom. The van der Waals surface area contributed by atoms with E-state index in [9.17, 15) is 9.18 Å². The van der Waals surface area contributed by atoms with Crippen LogP contribution in [0.3, 0.4) is 0 Å². The second kappa shape index (κ2) is 8.60. The molecule has 0 radical (unpaired) electrons. The zero-order chi connectivity index (χ0) is 18.5. The summed E-state index contributed by atoms with van der Waals surface area (Å²) in [6.45, 7) is 2.91. The number of para-hydroxylation sites is 1. The van der Waals surface area contributed by atoms with Crippen molar-refractivity contribution in [2.75, 3.05) is 42.9 Å². The lowest BCUT2D eigenvalue weighted by atomic mass is 10.2. The van der Waals surface area contributed by atoms with Gasteiger partial charge in [-0.25, -0.2) is 4.39 Å². The van der Waals surface area contributed by atoms with Crippen LogP contribution in [0.1, 0.15) is 6.42 Å². The van der Waals surface area contributed by atoms with E-state index in [1.165, 1.54) is 6.07 Å². The van der Waals surface area contributed by atoms with Gasteiger partial charge in [-0.1, -0.05) is 41.4 Å². The van der Waals surface area contributed by atoms with E-state index < -0.39 is 0 Å². The lowest BCUT2D eigenvalue weighted by Crippen LogP contribution is -2.49. The fraction of sp³-hybridized carbons (Fsp3) is 0.316. The second-order valence-electron chi connectivity index (χ2n) is 6.10. The first-order valence-corrected chi connectivity index (χ1v) is 9.27. The molecule has 7 heteroatoms. The highest BCUT2D eigenvalue weighted by atomic mass is 35.5. The monoisotopic (exact) mass is 395 g/mol. The van der Waals surface area contributed by atoms with Crippen molar-refractivity contribution in [3.8, 4) is 0 Å². The topological polar surface area (TPSA) is 35.6 Å². The van der Waals surface area contributed by atoms with Gasteiger partial charge in [0, 0.05) is 39.1 Å². The molecular formula is C19H20Cl2FN3O. The quantitative estimate of drug-likeness (QED) is 0.820. The van der Waals surface area contributed by atoms with E-state index in [0.717, 1.165) is 5.69 Å². The van der Waals surface area contributed by atoms with E-state index in [0.29, 0.717) is 54.9 Å². The number of nitrogens with zero attached hydrogens (tertiary/aromatic N) is 2. The van der Waals surface area contributed by atoms with Gasteiger partial charge in [-0.3, -0.25) is 4.79 Å². The summed E-state index contributed by atoms with van der Waals surface area (Å²) < 4.78 is 13.9. The van der Waals surface area contributed by atoms with E-state index in [-0.39, 0.29) is 11.7 Å². The van der Waals surface area contributed by atoms with Gasteiger partial charge in [-0.15, -0.1) is 0 Å². The Morgan fingerprint density at radius 3 is 2.50 bits per heavy atom. The van der Waals surface area contributed by atoms with Gasteiger partial charge in [-0.2, -0.15) is 0 Å². The maximum Gasteiger partial charge on any atom is 0.224 e. The summed E-state index contributed by atoms with van der Waals surface area (Å²) in [6, 6.07) is 12.1. The Kier molecular flexibility index (Phi) is 6.22. The van der Waals surface area contributed by atoms with Crippen molar-refractivity contribution in [3.05, 3.63) is 58.3 Å². The Labute approximate surface area is 162 Å². The number of amides is 1. The van der Waals surface area contributed by atoms with Gasteiger partial charge in [0.05, 0.1) is 21.4 Å². The molecule has 4 nitrogen and oxygen atoms in total. The molecule has 138 valence electrons. The molecule has 1 fully saturated rings. The number of hydrogen-bond acceptors (Lipinski definition) is 3. The first-order chi connectivity index (χ1) is 12.6. The number of hydrogen-bond donors (Lipinski definition) is 1. The average Bonchev–Trinajstić information content (AvgIpc) is 2.65. The molecule has 0 unspecified atom stereocenters. The third-order valence-electron chi connectivity index (χ3n) is 4.43. The van der Waals surface area contributed by atoms with Crippen LogP contribution >= 0.6 is 23.2 Å². The number of carbonyl (C=O) groups excluding carboxylic acids is 1. The van der Waals surface area contributed by atoms with E-state index in [1.54, 1.807) is 24.3 Å². The van der Waals surface area contributed by atoms with Gasteiger partial charge in [0.1, 0.15) is 5.82 Å². The molecule has 2 aromatic rings. The van der Waals surface area contributed by atoms with Crippen LogP contribution in [0.4, 0.5) is 15.8 Å². The highest BCUT2D eigenvalue weighted by molar-refractivity contribution is 6.43. The molecule has 1 N–H and O–H groups in total. The molecule has 0 spiro atoms. The Morgan fingerprint density at radius 2 is 1.77 bits per heavy atom. The van der Waals surface area contributed by atoms with Crippen molar-refractivity contribution >= 4 is 40.5 Å². The number of anilines is 2. The third kappa shape index (κ3) is 4.40. The zero-order valence-corrected chi connectivity index (χ0v) is 15.7. The predicted molar refractivity (Wildman–Crippen MR) is 105 cm³/mol. The predicted octanol–water partition coefficient (Wildman–Crippen LogP) is 4.28. The summed E-state index contributed by atoms with van der Waals surface area (Å²) in [6.07, 6.45) is 0.364. The first kappa shape index (κ1) is 18.8. The van der Waals surface area contributed by atoms with Crippen LogP contribution in [-0.4, -0.2) is 43.5 Å². The van der Waals surface area contributed by atoms with E-state index in [2.05, 4.69) is 5.32 Å². The summed E-state index contributed by atoms with van der Waals surface area (Å²) >= 11 is 12.1. The van der Waals surface area contributed by atoms with Gasteiger partial charge in [0.15, 0.2) is 0 Å². The van der Waals surface area contributed by atoms with Crippen LogP contribution in [0, 0.1) is 5.82 Å². The molecule has 0 bridgehead atoms. The number of halogens is 3. The summed E-state index contributed by atoms with van der Waals surface area (Å²) in [4.78, 5) is 16.2. The molecular weight excluding hydrogens is 376 g/mol. The van der Waals surface area contributed by atoms with Crippen LogP contribution in [0.2, 0.25) is 10.0 Å². The summed E-state index contributed by atoms with van der Waals surface area (Å²) in [5.74, 6) is -0.154. The summed E-state index contributed by atoms with van der Waals surface area (Å²) in [7, 11) is 0. The van der Waals surface area contributed by atoms with Crippen LogP contribution in [0.25, 0.3) is 0 Å². The van der Waals surface area contributed by atoms with Crippen LogP contribution in [-0.2, 0) is 4.79 Å². The minimum Gasteiger partial charge on any atom is -0.383 e. The van der Waals surface area contributed by atoms with Crippen molar-refractivity contribution in [1.82, 2.24) is 4.90 Å². The number of rotatable bonds is 5. The smallest absolute Gasteiger partial charge is 0.224 e. The SMILES string of the molecule is O=C(CCNc1cccc(Cl)c1Cl)N1CCN(c2ccccc2F)CC1. The number of nitrogens with one attached hydrogen (secondary N) is 1. The molecule has 2 aromatic carbocycles. The first-order valence-electron chi connectivity index (χ1n) is 8.51. The molecule has 0 aromatic heterocycles. The molecule has 26 heavy (non-hydrogen) atoms. The molecule has 1 amide bonds. The summed E-state index contributed by atoms with van der Waals surface area (Å²) in [5, 5.41) is 4.08. The Balaban J connectivity index is 1.47. The van der Waals surface area contributed by atoms with E-state index >= 15 is 0 Å². The van der Waals surface area contributed by atoms with Gasteiger partial charge in [-0.05, 0) is 24.3 Å². The van der Waals surface area contributed by atoms with Crippen LogP contribution in [0.5, 0.6) is 0 Å². The van der Waals surface area contributed by atoms with E-state index in [1.807, 2.05) is 21.9 Å². The minimum absolute atomic E-state index is 0.0730. The molecule has 1 aliphatic heterocycles. The third-order valence-corrected chi connectivity index (χ3v) is 5.25. The van der Waals surface area contributed by atoms with E-state index in [4.69, 9.17) is 23.2 Å². The van der Waals surface area contributed by atoms with Gasteiger partial charge < -0.3 is 15.1 Å². The average molecular weight is 396 g/mol. The number of carbonyl (C=O) groups is 1. The minimum atomic E-state index is -0.227. The van der Waals surface area contributed by atoms with Crippen LogP contribution < -0.4 is 10.2 Å². The van der Waals surface area contributed by atoms with Gasteiger partial charge >= 0.3 is 0 Å². The van der Waals surface area contributed by atoms with Crippen molar-refractivity contribution in [3.63, 3.8) is 0 Å². The molecule has 0 saturated carbocycles. The fourth-order valence-electron chi connectivity index (χ4n) is 3.01. The zero-order valence-electron chi connectivity index (χ0n) is 14.2. The van der Waals surface area contributed by atoms with Crippen LogP contribution in [0.15, 0.2) is 42.5 Å². The summed E-state index contributed by atoms with van der Waals surface area (Å²) in [5.41, 5.74) is 1.31. The highest BCUT2D eigenvalue weighted by Gasteiger charge is 2.22. The highest BCUT2D eigenvalue weighted by Crippen LogP contribution is 2.29. The van der Waals surface area contributed by atoms with Crippen molar-refractivity contribution in [2.45, 2.75) is 6.42 Å². The largest absolute Gasteiger partial charge is 0.383 e. The van der Waals surface area contributed by atoms with Gasteiger partial charge in [0.2, 0.25) is 5.91 Å². The second-order valence-corrected chi connectivity index (χ2v) is 6.88. The Bertz CT molecular complexity index is 779. The molecule has 0 aliphatic carbocycles. The lowest BCUT2D eigenvalue weighted by molar-refractivity contribution is -0.131. The molecule has 1 saturated heterocycles. The lowest BCUT2D eigenvalue weighted by Gasteiger charge is -2.36. The normalized spacial score (nSPS) is 14.4. The Hall–Kier alpha value is -1.98. The van der Waals surface area contributed by atoms with Crippen molar-refractivity contribution in [2.24, 2.45) is 0 Å². The maximum absolute atomic E-state index is 13.9. The molecule has 0 atom stereocenters. The molecule has 3 rings (SSSR count). The number of benzene rings is 2. The fourth-order valence-corrected chi connectivity index (χ4v) is 3.37. The standard InChI is InChI=1S/C19H20Cl2FN3O/c20-14-4-3-6-16(19(14)21)23-9-8-18(26)25-12-10-24(11-13-25)17-7-2-1-5-15(17)22/h1-7,23H,8-13H2.